The number of nitrogens with one attached hydrogen (secondary N) is 1. The number of rotatable bonds is 4. The Morgan fingerprint density at radius 2 is 2.00 bits per heavy atom. The smallest absolute Gasteiger partial charge is 0.325 e. The fraction of sp³-hybridized carbons (Fsp3) is 0.150. The summed E-state index contributed by atoms with van der Waals surface area (Å²) in [6, 6.07) is 10.0. The number of amides is 3. The molecule has 29 heavy (non-hydrogen) atoms. The molecule has 1 unspecified atom stereocenters. The molecule has 3 aromatic rings. The summed E-state index contributed by atoms with van der Waals surface area (Å²) in [6.45, 7) is 1.43. The number of imide groups is 1. The van der Waals surface area contributed by atoms with E-state index in [1.165, 1.54) is 25.3 Å². The number of halogens is 3. The minimum absolute atomic E-state index is 0.0488. The summed E-state index contributed by atoms with van der Waals surface area (Å²) in [4.78, 5) is 30.8. The molecule has 0 saturated carbocycles. The maximum absolute atomic E-state index is 13.4. The van der Waals surface area contributed by atoms with Gasteiger partial charge in [-0.3, -0.25) is 9.69 Å². The van der Waals surface area contributed by atoms with Crippen molar-refractivity contribution in [1.82, 2.24) is 15.2 Å². The molecule has 0 spiro atoms. The molecule has 1 saturated heterocycles. The first-order chi connectivity index (χ1) is 13.8. The van der Waals surface area contributed by atoms with Crippen molar-refractivity contribution in [2.75, 3.05) is 0 Å². The Bertz CT molecular complexity index is 1130. The second-order valence-corrected chi connectivity index (χ2v) is 7.57. The van der Waals surface area contributed by atoms with Crippen LogP contribution >= 0.6 is 23.2 Å². The van der Waals surface area contributed by atoms with Gasteiger partial charge in [0.05, 0.1) is 12.2 Å². The maximum Gasteiger partial charge on any atom is 0.325 e. The number of aromatic nitrogens is 1. The van der Waals surface area contributed by atoms with Crippen LogP contribution in [-0.2, 0) is 16.9 Å². The third-order valence-corrected chi connectivity index (χ3v) is 5.24. The van der Waals surface area contributed by atoms with Crippen LogP contribution < -0.4 is 5.32 Å². The highest BCUT2D eigenvalue weighted by Crippen LogP contribution is 2.34. The normalized spacial score (nSPS) is 19.0. The van der Waals surface area contributed by atoms with Crippen molar-refractivity contribution < 1.29 is 18.4 Å². The number of carbonyl (C=O) groups is 2. The molecule has 3 amide bonds. The molecule has 1 N–H and O–H groups in total. The van der Waals surface area contributed by atoms with E-state index in [4.69, 9.17) is 27.6 Å². The van der Waals surface area contributed by atoms with Crippen molar-refractivity contribution in [2.24, 2.45) is 0 Å². The molecule has 1 aliphatic heterocycles. The topological polar surface area (TPSA) is 75.4 Å². The van der Waals surface area contributed by atoms with Gasteiger partial charge in [-0.15, -0.1) is 0 Å². The summed E-state index contributed by atoms with van der Waals surface area (Å²) in [5, 5.41) is 3.21. The van der Waals surface area contributed by atoms with Gasteiger partial charge in [0, 0.05) is 21.2 Å². The number of hydrogen-bond acceptors (Lipinski definition) is 4. The van der Waals surface area contributed by atoms with Gasteiger partial charge in [0.15, 0.2) is 0 Å². The van der Waals surface area contributed by atoms with E-state index in [0.29, 0.717) is 27.7 Å². The highest BCUT2D eigenvalue weighted by Gasteiger charge is 2.50. The molecule has 0 radical (unpaired) electrons. The Morgan fingerprint density at radius 1 is 1.21 bits per heavy atom. The quantitative estimate of drug-likeness (QED) is 0.602. The molecule has 2 aromatic carbocycles. The van der Waals surface area contributed by atoms with Crippen molar-refractivity contribution >= 4 is 35.1 Å². The number of nitrogens with zero attached hydrogens (tertiary/aromatic N) is 2. The molecule has 0 bridgehead atoms. The van der Waals surface area contributed by atoms with Gasteiger partial charge in [-0.2, -0.15) is 0 Å². The van der Waals surface area contributed by atoms with Crippen LogP contribution in [0.25, 0.3) is 11.5 Å². The van der Waals surface area contributed by atoms with Gasteiger partial charge in [-0.05, 0) is 37.3 Å². The monoisotopic (exact) mass is 433 g/mol. The highest BCUT2D eigenvalue weighted by molar-refractivity contribution is 6.32. The summed E-state index contributed by atoms with van der Waals surface area (Å²) in [5.41, 5.74) is -0.0514. The van der Waals surface area contributed by atoms with Crippen LogP contribution in [0.3, 0.4) is 0 Å². The highest BCUT2D eigenvalue weighted by atomic mass is 35.5. The molecule has 1 fully saturated rings. The summed E-state index contributed by atoms with van der Waals surface area (Å²) in [5.74, 6) is -0.741. The third kappa shape index (κ3) is 3.47. The van der Waals surface area contributed by atoms with E-state index in [9.17, 15) is 14.0 Å². The summed E-state index contributed by atoms with van der Waals surface area (Å²) in [6.07, 6.45) is 1.37. The SMILES string of the molecule is CC1(c2ccc(F)cc2Cl)NC(=O)N(Cc2coc(-c3cccc(Cl)c3)n2)C1=O. The first kappa shape index (κ1) is 19.4. The zero-order valence-electron chi connectivity index (χ0n) is 15.1. The number of urea groups is 1. The zero-order valence-corrected chi connectivity index (χ0v) is 16.6. The van der Waals surface area contributed by atoms with E-state index in [0.717, 1.165) is 11.0 Å². The lowest BCUT2D eigenvalue weighted by Gasteiger charge is -2.23. The average Bonchev–Trinajstić information content (AvgIpc) is 3.21. The second-order valence-electron chi connectivity index (χ2n) is 6.72. The van der Waals surface area contributed by atoms with Crippen LogP contribution in [0.5, 0.6) is 0 Å². The van der Waals surface area contributed by atoms with Crippen LogP contribution in [-0.4, -0.2) is 21.8 Å². The maximum atomic E-state index is 13.4. The van der Waals surface area contributed by atoms with Crippen molar-refractivity contribution in [3.63, 3.8) is 0 Å². The largest absolute Gasteiger partial charge is 0.444 e. The van der Waals surface area contributed by atoms with Crippen LogP contribution in [0.4, 0.5) is 9.18 Å². The molecule has 1 atom stereocenters. The van der Waals surface area contributed by atoms with E-state index >= 15 is 0 Å². The van der Waals surface area contributed by atoms with Gasteiger partial charge >= 0.3 is 6.03 Å². The summed E-state index contributed by atoms with van der Waals surface area (Å²) < 4.78 is 18.8. The van der Waals surface area contributed by atoms with E-state index in [2.05, 4.69) is 10.3 Å². The van der Waals surface area contributed by atoms with E-state index in [-0.39, 0.29) is 11.6 Å². The van der Waals surface area contributed by atoms with Gasteiger partial charge in [-0.25, -0.2) is 14.2 Å². The van der Waals surface area contributed by atoms with Gasteiger partial charge in [0.2, 0.25) is 5.89 Å². The van der Waals surface area contributed by atoms with Crippen LogP contribution in [0.1, 0.15) is 18.2 Å². The molecule has 4 rings (SSSR count). The van der Waals surface area contributed by atoms with Gasteiger partial charge in [0.25, 0.3) is 5.91 Å². The average molecular weight is 434 g/mol. The van der Waals surface area contributed by atoms with E-state index < -0.39 is 23.3 Å². The molecule has 2 heterocycles. The number of carbonyl (C=O) groups excluding carboxylic acids is 2. The molecule has 0 aliphatic carbocycles. The fourth-order valence-electron chi connectivity index (χ4n) is 3.21. The predicted molar refractivity (Wildman–Crippen MR) is 105 cm³/mol. The van der Waals surface area contributed by atoms with E-state index in [1.807, 2.05) is 0 Å². The number of hydrogen-bond donors (Lipinski definition) is 1. The molecule has 9 heteroatoms. The molecule has 1 aliphatic rings. The lowest BCUT2D eigenvalue weighted by atomic mass is 9.92. The van der Waals surface area contributed by atoms with Gasteiger partial charge < -0.3 is 9.73 Å². The first-order valence-corrected chi connectivity index (χ1v) is 9.33. The Balaban J connectivity index is 1.59. The lowest BCUT2D eigenvalue weighted by Crippen LogP contribution is -2.41. The Hall–Kier alpha value is -2.90. The Labute approximate surface area is 175 Å². The molecular formula is C20H14Cl2FN3O3. The molecule has 148 valence electrons. The number of oxazole rings is 1. The second kappa shape index (κ2) is 7.17. The molecule has 1 aromatic heterocycles. The van der Waals surface area contributed by atoms with Crippen molar-refractivity contribution in [2.45, 2.75) is 19.0 Å². The van der Waals surface area contributed by atoms with Crippen LogP contribution in [0, 0.1) is 5.82 Å². The van der Waals surface area contributed by atoms with E-state index in [1.54, 1.807) is 24.3 Å². The van der Waals surface area contributed by atoms with Crippen LogP contribution in [0.2, 0.25) is 10.0 Å². The van der Waals surface area contributed by atoms with Crippen LogP contribution in [0.15, 0.2) is 53.1 Å². The minimum atomic E-state index is -1.42. The summed E-state index contributed by atoms with van der Waals surface area (Å²) in [7, 11) is 0. The number of benzene rings is 2. The van der Waals surface area contributed by atoms with Gasteiger partial charge in [0.1, 0.15) is 17.6 Å². The lowest BCUT2D eigenvalue weighted by molar-refractivity contribution is -0.131. The Morgan fingerprint density at radius 3 is 2.72 bits per heavy atom. The minimum Gasteiger partial charge on any atom is -0.444 e. The van der Waals surface area contributed by atoms with Crippen molar-refractivity contribution in [3.8, 4) is 11.5 Å². The van der Waals surface area contributed by atoms with Gasteiger partial charge in [-0.1, -0.05) is 35.3 Å². The third-order valence-electron chi connectivity index (χ3n) is 4.69. The van der Waals surface area contributed by atoms with Crippen molar-refractivity contribution in [3.05, 3.63) is 75.8 Å². The predicted octanol–water partition coefficient (Wildman–Crippen LogP) is 4.75. The standard InChI is InChI=1S/C20H14Cl2FN3O3/c1-20(15-6-5-13(23)8-16(15)22)18(27)26(19(28)25-20)9-14-10-29-17(24-14)11-3-2-4-12(21)7-11/h2-8,10H,9H2,1H3,(H,25,28). The molecular weight excluding hydrogens is 420 g/mol. The summed E-state index contributed by atoms with van der Waals surface area (Å²) >= 11 is 12.1. The first-order valence-electron chi connectivity index (χ1n) is 8.58. The molecule has 6 nitrogen and oxygen atoms in total. The zero-order chi connectivity index (χ0) is 20.8. The van der Waals surface area contributed by atoms with Crippen molar-refractivity contribution in [1.29, 1.82) is 0 Å². The Kier molecular flexibility index (Phi) is 4.80. The fourth-order valence-corrected chi connectivity index (χ4v) is 3.76.